The molecule has 0 unspecified atom stereocenters. The van der Waals surface area contributed by atoms with Crippen LogP contribution in [-0.4, -0.2) is 20.9 Å². The molecule has 0 fully saturated rings. The van der Waals surface area contributed by atoms with Gasteiger partial charge in [-0.1, -0.05) is 18.2 Å². The van der Waals surface area contributed by atoms with Crippen molar-refractivity contribution in [1.29, 1.82) is 0 Å². The van der Waals surface area contributed by atoms with Gasteiger partial charge in [0.1, 0.15) is 4.21 Å². The van der Waals surface area contributed by atoms with Gasteiger partial charge in [-0.2, -0.15) is 0 Å². The molecular weight excluding hydrogens is 308 g/mol. The molecule has 7 heteroatoms. The van der Waals surface area contributed by atoms with E-state index < -0.39 is 15.9 Å². The lowest BCUT2D eigenvalue weighted by molar-refractivity contribution is -0.115. The van der Waals surface area contributed by atoms with Crippen LogP contribution < -0.4 is 10.0 Å². The summed E-state index contributed by atoms with van der Waals surface area (Å²) in [5.41, 5.74) is 1.59. The van der Waals surface area contributed by atoms with E-state index in [1.165, 1.54) is 17.4 Å². The Hall–Kier alpha value is -1.70. The van der Waals surface area contributed by atoms with Gasteiger partial charge < -0.3 is 5.32 Å². The highest BCUT2D eigenvalue weighted by atomic mass is 32.2. The molecule has 112 valence electrons. The number of para-hydroxylation sites is 1. The topological polar surface area (TPSA) is 75.3 Å². The minimum absolute atomic E-state index is 0.212. The van der Waals surface area contributed by atoms with Crippen molar-refractivity contribution in [1.82, 2.24) is 4.72 Å². The fourth-order valence-corrected chi connectivity index (χ4v) is 4.01. The van der Waals surface area contributed by atoms with E-state index in [-0.39, 0.29) is 10.8 Å². The minimum atomic E-state index is -3.63. The van der Waals surface area contributed by atoms with E-state index in [4.69, 9.17) is 0 Å². The van der Waals surface area contributed by atoms with Gasteiger partial charge in [-0.25, -0.2) is 13.1 Å². The van der Waals surface area contributed by atoms with E-state index >= 15 is 0 Å². The summed E-state index contributed by atoms with van der Waals surface area (Å²) in [6.45, 7) is 3.40. The molecule has 0 spiro atoms. The average Bonchev–Trinajstić information content (AvgIpc) is 2.87. The number of amides is 1. The Kier molecular flexibility index (Phi) is 4.76. The lowest BCUT2D eigenvalue weighted by Gasteiger charge is -2.08. The van der Waals surface area contributed by atoms with E-state index in [9.17, 15) is 13.2 Å². The molecule has 0 aliphatic carbocycles. The summed E-state index contributed by atoms with van der Waals surface area (Å²) in [4.78, 5) is 12.7. The third-order valence-corrected chi connectivity index (χ3v) is 5.72. The number of thiophene rings is 1. The first kappa shape index (κ1) is 15.7. The first-order chi connectivity index (χ1) is 9.88. The lowest BCUT2D eigenvalue weighted by Crippen LogP contribution is -2.32. The number of nitrogens with one attached hydrogen (secondary N) is 2. The number of rotatable bonds is 5. The molecule has 0 aliphatic rings. The van der Waals surface area contributed by atoms with Crippen molar-refractivity contribution < 1.29 is 13.2 Å². The number of carbonyl (C=O) groups is 1. The average molecular weight is 324 g/mol. The van der Waals surface area contributed by atoms with Crippen LogP contribution in [0.5, 0.6) is 0 Å². The summed E-state index contributed by atoms with van der Waals surface area (Å²) in [5.74, 6) is -0.402. The zero-order valence-electron chi connectivity index (χ0n) is 11.7. The van der Waals surface area contributed by atoms with Gasteiger partial charge in [-0.3, -0.25) is 4.79 Å². The van der Waals surface area contributed by atoms with Gasteiger partial charge in [-0.15, -0.1) is 11.3 Å². The van der Waals surface area contributed by atoms with Crippen LogP contribution in [0.1, 0.15) is 10.4 Å². The van der Waals surface area contributed by atoms with Crippen molar-refractivity contribution in [3.05, 3.63) is 46.8 Å². The molecule has 0 saturated carbocycles. The van der Waals surface area contributed by atoms with Crippen LogP contribution in [0.2, 0.25) is 0 Å². The molecule has 0 saturated heterocycles. The predicted molar refractivity (Wildman–Crippen MR) is 84.1 cm³/mol. The number of benzene rings is 1. The molecule has 2 rings (SSSR count). The molecule has 0 aliphatic heterocycles. The maximum Gasteiger partial charge on any atom is 0.250 e. The molecule has 0 atom stereocenters. The first-order valence-electron chi connectivity index (χ1n) is 6.30. The van der Waals surface area contributed by atoms with Crippen molar-refractivity contribution in [3.8, 4) is 0 Å². The summed E-state index contributed by atoms with van der Waals surface area (Å²) in [5, 5.41) is 2.68. The van der Waals surface area contributed by atoms with Crippen LogP contribution in [0.4, 0.5) is 5.69 Å². The Morgan fingerprint density at radius 1 is 1.14 bits per heavy atom. The second-order valence-corrected chi connectivity index (χ2v) is 7.83. The minimum Gasteiger partial charge on any atom is -0.325 e. The smallest absolute Gasteiger partial charge is 0.250 e. The summed E-state index contributed by atoms with van der Waals surface area (Å²) in [7, 11) is -3.63. The SMILES string of the molecule is Cc1ccc(S(=O)(=O)NCC(=O)Nc2ccccc2C)s1. The quantitative estimate of drug-likeness (QED) is 0.886. The van der Waals surface area contributed by atoms with E-state index in [0.29, 0.717) is 5.69 Å². The highest BCUT2D eigenvalue weighted by molar-refractivity contribution is 7.91. The summed E-state index contributed by atoms with van der Waals surface area (Å²) < 4.78 is 26.5. The predicted octanol–water partition coefficient (Wildman–Crippen LogP) is 2.28. The Balaban J connectivity index is 1.97. The molecule has 21 heavy (non-hydrogen) atoms. The molecule has 1 heterocycles. The summed E-state index contributed by atoms with van der Waals surface area (Å²) in [6, 6.07) is 10.6. The van der Waals surface area contributed by atoms with Crippen LogP contribution in [0.3, 0.4) is 0 Å². The van der Waals surface area contributed by atoms with Crippen molar-refractivity contribution in [2.45, 2.75) is 18.1 Å². The Morgan fingerprint density at radius 2 is 1.86 bits per heavy atom. The van der Waals surface area contributed by atoms with Crippen LogP contribution in [0, 0.1) is 13.8 Å². The second kappa shape index (κ2) is 6.38. The number of aryl methyl sites for hydroxylation is 2. The number of sulfonamides is 1. The lowest BCUT2D eigenvalue weighted by atomic mass is 10.2. The standard InChI is InChI=1S/C14H16N2O3S2/c1-10-5-3-4-6-12(10)16-13(17)9-15-21(18,19)14-8-7-11(2)20-14/h3-8,15H,9H2,1-2H3,(H,16,17). The van der Waals surface area contributed by atoms with E-state index in [2.05, 4.69) is 10.0 Å². The maximum atomic E-state index is 12.0. The van der Waals surface area contributed by atoms with Gasteiger partial charge in [0.2, 0.25) is 5.91 Å². The fraction of sp³-hybridized carbons (Fsp3) is 0.214. The second-order valence-electron chi connectivity index (χ2n) is 4.55. The molecular formula is C14H16N2O3S2. The van der Waals surface area contributed by atoms with Crippen molar-refractivity contribution >= 4 is 33.0 Å². The van der Waals surface area contributed by atoms with Crippen LogP contribution in [0.25, 0.3) is 0 Å². The molecule has 0 radical (unpaired) electrons. The first-order valence-corrected chi connectivity index (χ1v) is 8.60. The van der Waals surface area contributed by atoms with Gasteiger partial charge in [0, 0.05) is 10.6 Å². The monoisotopic (exact) mass is 324 g/mol. The normalized spacial score (nSPS) is 11.3. The number of hydrogen-bond donors (Lipinski definition) is 2. The third-order valence-electron chi connectivity index (χ3n) is 2.82. The highest BCUT2D eigenvalue weighted by Crippen LogP contribution is 2.20. The van der Waals surface area contributed by atoms with Crippen molar-refractivity contribution in [2.24, 2.45) is 0 Å². The molecule has 1 aromatic carbocycles. The molecule has 5 nitrogen and oxygen atoms in total. The Labute approximate surface area is 128 Å². The number of carbonyl (C=O) groups excluding carboxylic acids is 1. The van der Waals surface area contributed by atoms with Gasteiger partial charge in [0.05, 0.1) is 6.54 Å². The summed E-state index contributed by atoms with van der Waals surface area (Å²) in [6.07, 6.45) is 0. The third kappa shape index (κ3) is 4.13. The Bertz CT molecular complexity index is 751. The van der Waals surface area contributed by atoms with Crippen molar-refractivity contribution in [3.63, 3.8) is 0 Å². The zero-order chi connectivity index (χ0) is 15.5. The van der Waals surface area contributed by atoms with Gasteiger partial charge in [0.25, 0.3) is 10.0 Å². The molecule has 1 aromatic heterocycles. The highest BCUT2D eigenvalue weighted by Gasteiger charge is 2.17. The van der Waals surface area contributed by atoms with Crippen LogP contribution in [0.15, 0.2) is 40.6 Å². The Morgan fingerprint density at radius 3 is 2.48 bits per heavy atom. The molecule has 2 N–H and O–H groups in total. The van der Waals surface area contributed by atoms with Crippen LogP contribution >= 0.6 is 11.3 Å². The van der Waals surface area contributed by atoms with E-state index in [1.807, 2.05) is 26.0 Å². The van der Waals surface area contributed by atoms with E-state index in [1.54, 1.807) is 18.2 Å². The fourth-order valence-electron chi connectivity index (χ4n) is 1.70. The molecule has 2 aromatic rings. The van der Waals surface area contributed by atoms with Crippen molar-refractivity contribution in [2.75, 3.05) is 11.9 Å². The maximum absolute atomic E-state index is 12.0. The van der Waals surface area contributed by atoms with Gasteiger partial charge in [-0.05, 0) is 37.6 Å². The number of anilines is 1. The zero-order valence-corrected chi connectivity index (χ0v) is 13.3. The molecule has 1 amide bonds. The summed E-state index contributed by atoms with van der Waals surface area (Å²) >= 11 is 1.17. The van der Waals surface area contributed by atoms with E-state index in [0.717, 1.165) is 10.4 Å². The molecule has 0 bridgehead atoms. The number of hydrogen-bond acceptors (Lipinski definition) is 4. The van der Waals surface area contributed by atoms with Gasteiger partial charge in [0.15, 0.2) is 0 Å². The van der Waals surface area contributed by atoms with Crippen LogP contribution in [-0.2, 0) is 14.8 Å². The van der Waals surface area contributed by atoms with Gasteiger partial charge >= 0.3 is 0 Å². The largest absolute Gasteiger partial charge is 0.325 e.